The Morgan fingerprint density at radius 1 is 0.967 bits per heavy atom. The van der Waals surface area contributed by atoms with Gasteiger partial charge in [0.1, 0.15) is 0 Å². The van der Waals surface area contributed by atoms with Crippen molar-refractivity contribution in [1.29, 1.82) is 0 Å². The summed E-state index contributed by atoms with van der Waals surface area (Å²) in [5.41, 5.74) is 6.20. The van der Waals surface area contributed by atoms with E-state index in [1.54, 1.807) is 12.1 Å². The third kappa shape index (κ3) is 6.23. The molecule has 0 saturated carbocycles. The van der Waals surface area contributed by atoms with E-state index in [2.05, 4.69) is 5.32 Å². The lowest BCUT2D eigenvalue weighted by Crippen LogP contribution is -2.30. The molecule has 2 aromatic carbocycles. The second kappa shape index (κ2) is 10.8. The fourth-order valence-electron chi connectivity index (χ4n) is 2.48. The van der Waals surface area contributed by atoms with Crippen LogP contribution in [0.2, 0.25) is 0 Å². The molecule has 30 heavy (non-hydrogen) atoms. The number of anilines is 1. The number of primary amides is 1. The van der Waals surface area contributed by atoms with Crippen LogP contribution in [-0.4, -0.2) is 37.1 Å². The molecule has 0 aliphatic heterocycles. The van der Waals surface area contributed by atoms with Crippen LogP contribution in [0.3, 0.4) is 0 Å². The average molecular weight is 414 g/mol. The molecule has 8 nitrogen and oxygen atoms in total. The van der Waals surface area contributed by atoms with Crippen molar-refractivity contribution >= 4 is 23.5 Å². The molecule has 0 aliphatic carbocycles. The summed E-state index contributed by atoms with van der Waals surface area (Å²) in [6.45, 7) is 6.23. The van der Waals surface area contributed by atoms with Gasteiger partial charge in [0.2, 0.25) is 5.91 Å². The molecular weight excluding hydrogens is 388 g/mol. The molecule has 0 heterocycles. The third-order valence-electron chi connectivity index (χ3n) is 4.03. The van der Waals surface area contributed by atoms with Gasteiger partial charge in [-0.15, -0.1) is 0 Å². The predicted octanol–water partition coefficient (Wildman–Crippen LogP) is 3.16. The summed E-state index contributed by atoms with van der Waals surface area (Å²) in [6.07, 6.45) is -0.201. The van der Waals surface area contributed by atoms with Gasteiger partial charge in [-0.1, -0.05) is 6.92 Å². The van der Waals surface area contributed by atoms with Crippen LogP contribution in [0, 0.1) is 0 Å². The van der Waals surface area contributed by atoms with Crippen LogP contribution in [0.5, 0.6) is 11.5 Å². The van der Waals surface area contributed by atoms with Crippen LogP contribution in [0.1, 0.15) is 47.9 Å². The second-order valence-corrected chi connectivity index (χ2v) is 6.42. The third-order valence-corrected chi connectivity index (χ3v) is 4.03. The molecule has 0 radical (unpaired) electrons. The molecule has 160 valence electrons. The van der Waals surface area contributed by atoms with Gasteiger partial charge in [-0.3, -0.25) is 9.59 Å². The predicted molar refractivity (Wildman–Crippen MR) is 112 cm³/mol. The van der Waals surface area contributed by atoms with E-state index in [-0.39, 0.29) is 5.56 Å². The Kier molecular flexibility index (Phi) is 8.22. The summed E-state index contributed by atoms with van der Waals surface area (Å²) in [6, 6.07) is 10.8. The van der Waals surface area contributed by atoms with Crippen molar-refractivity contribution < 1.29 is 28.6 Å². The summed E-state index contributed by atoms with van der Waals surface area (Å²) in [5.74, 6) is -0.756. The molecule has 0 bridgehead atoms. The normalized spacial score (nSPS) is 11.3. The molecule has 0 spiro atoms. The van der Waals surface area contributed by atoms with E-state index in [9.17, 15) is 14.4 Å². The first-order chi connectivity index (χ1) is 14.3. The van der Waals surface area contributed by atoms with Crippen LogP contribution >= 0.6 is 0 Å². The maximum absolute atomic E-state index is 12.5. The summed E-state index contributed by atoms with van der Waals surface area (Å²) in [4.78, 5) is 35.9. The fraction of sp³-hybridized carbons (Fsp3) is 0.318. The van der Waals surface area contributed by atoms with Gasteiger partial charge in [0.05, 0.1) is 18.8 Å². The van der Waals surface area contributed by atoms with Crippen molar-refractivity contribution in [2.24, 2.45) is 5.73 Å². The molecule has 2 rings (SSSR count). The average Bonchev–Trinajstić information content (AvgIpc) is 2.73. The minimum atomic E-state index is -1.04. The summed E-state index contributed by atoms with van der Waals surface area (Å²) in [5, 5.41) is 2.62. The highest BCUT2D eigenvalue weighted by molar-refractivity contribution is 5.98. The van der Waals surface area contributed by atoms with E-state index in [1.807, 2.05) is 13.8 Å². The fourth-order valence-corrected chi connectivity index (χ4v) is 2.48. The standard InChI is InChI=1S/C22H26N2O6/c1-4-12-29-18-11-8-16(13-19(18)28-5-2)22(27)30-14(3)21(26)24-17-9-6-15(7-10-17)20(23)25/h6-11,13-14H,4-5,12H2,1-3H3,(H2,23,25)(H,24,26). The number of amides is 2. The Morgan fingerprint density at radius 2 is 1.63 bits per heavy atom. The van der Waals surface area contributed by atoms with Crippen molar-refractivity contribution in [2.75, 3.05) is 18.5 Å². The first-order valence-electron chi connectivity index (χ1n) is 9.67. The second-order valence-electron chi connectivity index (χ2n) is 6.42. The number of carbonyl (C=O) groups is 3. The van der Waals surface area contributed by atoms with Crippen LogP contribution < -0.4 is 20.5 Å². The number of ether oxygens (including phenoxy) is 3. The summed E-state index contributed by atoms with van der Waals surface area (Å²) < 4.78 is 16.4. The molecule has 8 heteroatoms. The van der Waals surface area contributed by atoms with Crippen LogP contribution in [0.4, 0.5) is 5.69 Å². The molecule has 3 N–H and O–H groups in total. The van der Waals surface area contributed by atoms with Gasteiger partial charge < -0.3 is 25.3 Å². The lowest BCUT2D eigenvalue weighted by atomic mass is 10.2. The molecule has 0 aliphatic rings. The molecular formula is C22H26N2O6. The topological polar surface area (TPSA) is 117 Å². The highest BCUT2D eigenvalue weighted by Gasteiger charge is 2.20. The molecule has 2 amide bonds. The van der Waals surface area contributed by atoms with E-state index < -0.39 is 23.9 Å². The monoisotopic (exact) mass is 414 g/mol. The Morgan fingerprint density at radius 3 is 2.23 bits per heavy atom. The van der Waals surface area contributed by atoms with E-state index >= 15 is 0 Å². The molecule has 0 aromatic heterocycles. The minimum absolute atomic E-state index is 0.243. The number of hydrogen-bond acceptors (Lipinski definition) is 6. The number of rotatable bonds is 10. The van der Waals surface area contributed by atoms with E-state index in [4.69, 9.17) is 19.9 Å². The first-order valence-corrected chi connectivity index (χ1v) is 9.67. The number of carbonyl (C=O) groups excluding carboxylic acids is 3. The Balaban J connectivity index is 2.02. The van der Waals surface area contributed by atoms with Crippen molar-refractivity contribution in [3.05, 3.63) is 53.6 Å². The highest BCUT2D eigenvalue weighted by atomic mass is 16.5. The Hall–Kier alpha value is -3.55. The minimum Gasteiger partial charge on any atom is -0.490 e. The van der Waals surface area contributed by atoms with Gasteiger partial charge >= 0.3 is 5.97 Å². The summed E-state index contributed by atoms with van der Waals surface area (Å²) in [7, 11) is 0. The van der Waals surface area contributed by atoms with E-state index in [0.29, 0.717) is 36.0 Å². The number of nitrogens with two attached hydrogens (primary N) is 1. The number of hydrogen-bond donors (Lipinski definition) is 2. The smallest absolute Gasteiger partial charge is 0.339 e. The van der Waals surface area contributed by atoms with Gasteiger partial charge in [0, 0.05) is 11.3 Å². The first kappa shape index (κ1) is 22.7. The quantitative estimate of drug-likeness (QED) is 0.577. The molecule has 2 aromatic rings. The number of esters is 1. The van der Waals surface area contributed by atoms with Gasteiger partial charge in [-0.05, 0) is 62.7 Å². The zero-order valence-electron chi connectivity index (χ0n) is 17.3. The number of nitrogens with one attached hydrogen (secondary N) is 1. The Labute approximate surface area is 175 Å². The van der Waals surface area contributed by atoms with Gasteiger partial charge in [0.15, 0.2) is 17.6 Å². The summed E-state index contributed by atoms with van der Waals surface area (Å²) >= 11 is 0. The van der Waals surface area contributed by atoms with Crippen molar-refractivity contribution in [1.82, 2.24) is 0 Å². The zero-order chi connectivity index (χ0) is 22.1. The van der Waals surface area contributed by atoms with E-state index in [1.165, 1.54) is 37.3 Å². The van der Waals surface area contributed by atoms with Gasteiger partial charge in [-0.25, -0.2) is 4.79 Å². The lowest BCUT2D eigenvalue weighted by molar-refractivity contribution is -0.123. The number of benzene rings is 2. The van der Waals surface area contributed by atoms with Crippen molar-refractivity contribution in [3.8, 4) is 11.5 Å². The maximum Gasteiger partial charge on any atom is 0.339 e. The molecule has 0 saturated heterocycles. The van der Waals surface area contributed by atoms with Gasteiger partial charge in [-0.2, -0.15) is 0 Å². The molecule has 1 atom stereocenters. The van der Waals surface area contributed by atoms with Crippen molar-refractivity contribution in [2.45, 2.75) is 33.3 Å². The highest BCUT2D eigenvalue weighted by Crippen LogP contribution is 2.29. The van der Waals surface area contributed by atoms with Crippen LogP contribution in [-0.2, 0) is 9.53 Å². The molecule has 1 unspecified atom stereocenters. The van der Waals surface area contributed by atoms with Gasteiger partial charge in [0.25, 0.3) is 5.91 Å². The largest absolute Gasteiger partial charge is 0.490 e. The Bertz CT molecular complexity index is 895. The van der Waals surface area contributed by atoms with Crippen LogP contribution in [0.15, 0.2) is 42.5 Å². The SMILES string of the molecule is CCCOc1ccc(C(=O)OC(C)C(=O)Nc2ccc(C(N)=O)cc2)cc1OCC. The lowest BCUT2D eigenvalue weighted by Gasteiger charge is -2.15. The van der Waals surface area contributed by atoms with E-state index in [0.717, 1.165) is 6.42 Å². The van der Waals surface area contributed by atoms with Crippen LogP contribution in [0.25, 0.3) is 0 Å². The molecule has 0 fully saturated rings. The maximum atomic E-state index is 12.5. The van der Waals surface area contributed by atoms with Crippen molar-refractivity contribution in [3.63, 3.8) is 0 Å². The zero-order valence-corrected chi connectivity index (χ0v) is 17.3.